The maximum absolute atomic E-state index is 12.9. The lowest BCUT2D eigenvalue weighted by Crippen LogP contribution is -2.17. The van der Waals surface area contributed by atoms with Crippen LogP contribution in [0.1, 0.15) is 17.0 Å². The molecule has 7 heteroatoms. The van der Waals surface area contributed by atoms with Crippen LogP contribution in [0.2, 0.25) is 0 Å². The summed E-state index contributed by atoms with van der Waals surface area (Å²) in [6.07, 6.45) is 0.147. The zero-order valence-corrected chi connectivity index (χ0v) is 15.4. The molecule has 26 heavy (non-hydrogen) atoms. The zero-order valence-electron chi connectivity index (χ0n) is 14.6. The van der Waals surface area contributed by atoms with Gasteiger partial charge in [-0.1, -0.05) is 41.6 Å². The van der Waals surface area contributed by atoms with Gasteiger partial charge in [0.1, 0.15) is 11.6 Å². The Kier molecular flexibility index (Phi) is 5.68. The number of hydrogen-bond acceptors (Lipinski definition) is 4. The van der Waals surface area contributed by atoms with Crippen molar-refractivity contribution >= 4 is 23.4 Å². The van der Waals surface area contributed by atoms with Gasteiger partial charge in [0, 0.05) is 18.5 Å². The van der Waals surface area contributed by atoms with Gasteiger partial charge in [0.15, 0.2) is 5.16 Å². The molecule has 0 unspecified atom stereocenters. The van der Waals surface area contributed by atoms with Gasteiger partial charge in [0.2, 0.25) is 5.91 Å². The van der Waals surface area contributed by atoms with Crippen molar-refractivity contribution in [1.29, 1.82) is 0 Å². The summed E-state index contributed by atoms with van der Waals surface area (Å²) in [5.41, 5.74) is 2.89. The lowest BCUT2D eigenvalue weighted by molar-refractivity contribution is -0.115. The second-order valence-electron chi connectivity index (χ2n) is 5.96. The number of nitrogens with zero attached hydrogens (tertiary/aromatic N) is 3. The van der Waals surface area contributed by atoms with Crippen LogP contribution in [0.5, 0.6) is 0 Å². The average molecular weight is 370 g/mol. The number of anilines is 1. The third-order valence-electron chi connectivity index (χ3n) is 3.86. The summed E-state index contributed by atoms with van der Waals surface area (Å²) in [5, 5.41) is 11.8. The Morgan fingerprint density at radius 3 is 2.50 bits per heavy atom. The molecule has 1 amide bonds. The van der Waals surface area contributed by atoms with Crippen LogP contribution in [0, 0.1) is 12.7 Å². The number of carbonyl (C=O) groups excluding carboxylic acids is 1. The molecule has 0 aliphatic rings. The van der Waals surface area contributed by atoms with Crippen molar-refractivity contribution in [3.63, 3.8) is 0 Å². The molecule has 1 heterocycles. The van der Waals surface area contributed by atoms with E-state index in [1.165, 1.54) is 23.9 Å². The van der Waals surface area contributed by atoms with Crippen molar-refractivity contribution in [2.24, 2.45) is 7.05 Å². The van der Waals surface area contributed by atoms with Crippen LogP contribution in [0.15, 0.2) is 53.7 Å². The van der Waals surface area contributed by atoms with Gasteiger partial charge >= 0.3 is 0 Å². The number of nitrogens with one attached hydrogen (secondary N) is 1. The highest BCUT2D eigenvalue weighted by Crippen LogP contribution is 2.21. The minimum Gasteiger partial charge on any atom is -0.326 e. The lowest BCUT2D eigenvalue weighted by atomic mass is 10.2. The molecule has 0 spiro atoms. The van der Waals surface area contributed by atoms with Gasteiger partial charge in [-0.15, -0.1) is 10.2 Å². The molecule has 0 saturated heterocycles. The average Bonchev–Trinajstić information content (AvgIpc) is 2.96. The highest BCUT2D eigenvalue weighted by molar-refractivity contribution is 7.98. The van der Waals surface area contributed by atoms with Gasteiger partial charge in [-0.2, -0.15) is 0 Å². The first-order chi connectivity index (χ1) is 12.5. The second kappa shape index (κ2) is 8.14. The molecule has 3 rings (SSSR count). The number of hydrogen-bond donors (Lipinski definition) is 1. The molecule has 0 bridgehead atoms. The van der Waals surface area contributed by atoms with Gasteiger partial charge in [-0.05, 0) is 36.8 Å². The molecule has 0 saturated carbocycles. The Hall–Kier alpha value is -2.67. The molecule has 0 radical (unpaired) electrons. The van der Waals surface area contributed by atoms with Crippen LogP contribution in [-0.2, 0) is 24.0 Å². The number of thioether (sulfide) groups is 1. The van der Waals surface area contributed by atoms with Crippen LogP contribution in [0.3, 0.4) is 0 Å². The quantitative estimate of drug-likeness (QED) is 0.672. The Morgan fingerprint density at radius 1 is 1.12 bits per heavy atom. The number of halogens is 1. The minimum atomic E-state index is -0.251. The summed E-state index contributed by atoms with van der Waals surface area (Å²) in [4.78, 5) is 12.2. The summed E-state index contributed by atoms with van der Waals surface area (Å²) in [7, 11) is 1.83. The van der Waals surface area contributed by atoms with Crippen molar-refractivity contribution in [3.8, 4) is 0 Å². The summed E-state index contributed by atoms with van der Waals surface area (Å²) in [6, 6.07) is 14.0. The SMILES string of the molecule is Cc1ccc(NC(=O)Cc2nnc(SCc3ccc(F)cc3)n2C)cc1. The van der Waals surface area contributed by atoms with E-state index in [9.17, 15) is 9.18 Å². The molecule has 0 fully saturated rings. The maximum atomic E-state index is 12.9. The number of rotatable bonds is 6. The molecule has 0 atom stereocenters. The van der Waals surface area contributed by atoms with Crippen LogP contribution < -0.4 is 5.32 Å². The highest BCUT2D eigenvalue weighted by Gasteiger charge is 2.13. The molecule has 1 aromatic heterocycles. The van der Waals surface area contributed by atoms with E-state index in [0.717, 1.165) is 16.8 Å². The smallest absolute Gasteiger partial charge is 0.232 e. The first-order valence-corrected chi connectivity index (χ1v) is 9.12. The first kappa shape index (κ1) is 18.1. The zero-order chi connectivity index (χ0) is 18.5. The first-order valence-electron chi connectivity index (χ1n) is 8.13. The molecule has 3 aromatic rings. The van der Waals surface area contributed by atoms with Crippen molar-refractivity contribution in [2.45, 2.75) is 24.3 Å². The monoisotopic (exact) mass is 370 g/mol. The van der Waals surface area contributed by atoms with Crippen molar-refractivity contribution in [3.05, 3.63) is 71.3 Å². The predicted octanol–water partition coefficient (Wildman–Crippen LogP) is 3.74. The highest BCUT2D eigenvalue weighted by atomic mass is 32.2. The summed E-state index contributed by atoms with van der Waals surface area (Å²) >= 11 is 1.49. The van der Waals surface area contributed by atoms with E-state index in [1.54, 1.807) is 12.1 Å². The Labute approximate surface area is 155 Å². The van der Waals surface area contributed by atoms with Gasteiger partial charge in [0.25, 0.3) is 0 Å². The largest absolute Gasteiger partial charge is 0.326 e. The van der Waals surface area contributed by atoms with E-state index in [1.807, 2.05) is 42.8 Å². The van der Waals surface area contributed by atoms with E-state index >= 15 is 0 Å². The molecular formula is C19H19FN4OS. The fourth-order valence-electron chi connectivity index (χ4n) is 2.34. The summed E-state index contributed by atoms with van der Waals surface area (Å²) < 4.78 is 14.8. The normalized spacial score (nSPS) is 10.7. The number of aryl methyl sites for hydroxylation is 1. The van der Waals surface area contributed by atoms with E-state index < -0.39 is 0 Å². The van der Waals surface area contributed by atoms with Crippen LogP contribution >= 0.6 is 11.8 Å². The summed E-state index contributed by atoms with van der Waals surface area (Å²) in [5.74, 6) is 0.858. The number of amides is 1. The molecule has 1 N–H and O–H groups in total. The van der Waals surface area contributed by atoms with Gasteiger partial charge in [-0.25, -0.2) is 4.39 Å². The van der Waals surface area contributed by atoms with Crippen LogP contribution in [0.4, 0.5) is 10.1 Å². The Morgan fingerprint density at radius 2 is 1.81 bits per heavy atom. The minimum absolute atomic E-state index is 0.139. The van der Waals surface area contributed by atoms with E-state index in [2.05, 4.69) is 15.5 Å². The van der Waals surface area contributed by atoms with E-state index in [-0.39, 0.29) is 18.1 Å². The number of benzene rings is 2. The standard InChI is InChI=1S/C19H19FN4OS/c1-13-3-9-16(10-4-13)21-18(25)11-17-22-23-19(24(17)2)26-12-14-5-7-15(20)8-6-14/h3-10H,11-12H2,1-2H3,(H,21,25). The van der Waals surface area contributed by atoms with Gasteiger partial charge in [0.05, 0.1) is 6.42 Å². The van der Waals surface area contributed by atoms with Crippen LogP contribution in [-0.4, -0.2) is 20.7 Å². The van der Waals surface area contributed by atoms with E-state index in [0.29, 0.717) is 16.7 Å². The third-order valence-corrected chi connectivity index (χ3v) is 4.95. The maximum Gasteiger partial charge on any atom is 0.232 e. The van der Waals surface area contributed by atoms with Crippen molar-refractivity contribution in [2.75, 3.05) is 5.32 Å². The summed E-state index contributed by atoms with van der Waals surface area (Å²) in [6.45, 7) is 2.00. The molecular weight excluding hydrogens is 351 g/mol. The van der Waals surface area contributed by atoms with Gasteiger partial charge < -0.3 is 9.88 Å². The Bertz CT molecular complexity index is 891. The second-order valence-corrected chi connectivity index (χ2v) is 6.91. The topological polar surface area (TPSA) is 59.8 Å². The van der Waals surface area contributed by atoms with Crippen molar-refractivity contribution < 1.29 is 9.18 Å². The number of aromatic nitrogens is 3. The Balaban J connectivity index is 1.58. The fourth-order valence-corrected chi connectivity index (χ4v) is 3.22. The molecule has 0 aliphatic carbocycles. The molecule has 5 nitrogen and oxygen atoms in total. The van der Waals surface area contributed by atoms with Crippen LogP contribution in [0.25, 0.3) is 0 Å². The van der Waals surface area contributed by atoms with Gasteiger partial charge in [-0.3, -0.25) is 4.79 Å². The predicted molar refractivity (Wildman–Crippen MR) is 100 cm³/mol. The fraction of sp³-hybridized carbons (Fsp3) is 0.211. The number of carbonyl (C=O) groups is 1. The lowest BCUT2D eigenvalue weighted by Gasteiger charge is -2.06. The molecule has 0 aliphatic heterocycles. The van der Waals surface area contributed by atoms with Crippen molar-refractivity contribution in [1.82, 2.24) is 14.8 Å². The molecule has 2 aromatic carbocycles. The van der Waals surface area contributed by atoms with E-state index in [4.69, 9.17) is 0 Å². The third kappa shape index (κ3) is 4.70. The molecule has 134 valence electrons.